The summed E-state index contributed by atoms with van der Waals surface area (Å²) in [7, 11) is 0. The normalized spacial score (nSPS) is 34.6. The van der Waals surface area contributed by atoms with Crippen molar-refractivity contribution in [3.63, 3.8) is 0 Å². The molecule has 0 aliphatic carbocycles. The third-order valence-electron chi connectivity index (χ3n) is 5.44. The third kappa shape index (κ3) is 6.18. The fourth-order valence-electron chi connectivity index (χ4n) is 3.98. The molecule has 3 fully saturated rings. The van der Waals surface area contributed by atoms with Gasteiger partial charge < -0.3 is 30.1 Å². The van der Waals surface area contributed by atoms with Crippen LogP contribution < -0.4 is 10.6 Å². The minimum absolute atomic E-state index is 0.0348. The molecule has 0 aromatic carbocycles. The van der Waals surface area contributed by atoms with Crippen LogP contribution in [0.25, 0.3) is 0 Å². The highest BCUT2D eigenvalue weighted by atomic mass is 16.5. The van der Waals surface area contributed by atoms with Crippen molar-refractivity contribution in [2.75, 3.05) is 45.9 Å². The lowest BCUT2D eigenvalue weighted by Crippen LogP contribution is -2.54. The number of rotatable bonds is 5. The van der Waals surface area contributed by atoms with E-state index in [1.807, 2.05) is 0 Å². The summed E-state index contributed by atoms with van der Waals surface area (Å²) >= 11 is 0. The smallest absolute Gasteiger partial charge is 0.222 e. The molecule has 0 bridgehead atoms. The highest BCUT2D eigenvalue weighted by Gasteiger charge is 2.33. The molecule has 0 radical (unpaired) electrons. The number of nitrogens with zero attached hydrogens (tertiary/aromatic N) is 1. The van der Waals surface area contributed by atoms with Gasteiger partial charge in [-0.3, -0.25) is 4.79 Å². The van der Waals surface area contributed by atoms with Crippen LogP contribution in [0.1, 0.15) is 38.5 Å². The maximum absolute atomic E-state index is 12.2. The Hall–Kier alpha value is -0.730. The molecule has 7 heteroatoms. The molecule has 3 aliphatic heterocycles. The van der Waals surface area contributed by atoms with E-state index < -0.39 is 6.10 Å². The quantitative estimate of drug-likeness (QED) is 0.638. The van der Waals surface area contributed by atoms with Crippen molar-refractivity contribution in [2.45, 2.75) is 62.9 Å². The van der Waals surface area contributed by atoms with Gasteiger partial charge in [-0.05, 0) is 38.8 Å². The first-order chi connectivity index (χ1) is 12.2. The molecule has 1 amide bonds. The number of aliphatic hydroxyl groups excluding tert-OH is 1. The van der Waals surface area contributed by atoms with Gasteiger partial charge in [0.05, 0.1) is 37.9 Å². The Labute approximate surface area is 150 Å². The van der Waals surface area contributed by atoms with Crippen LogP contribution in [0, 0.1) is 0 Å². The summed E-state index contributed by atoms with van der Waals surface area (Å²) in [5.74, 6) is 0.0793. The highest BCUT2D eigenvalue weighted by molar-refractivity contribution is 5.76. The van der Waals surface area contributed by atoms with Gasteiger partial charge in [0.2, 0.25) is 5.91 Å². The molecule has 0 aromatic rings. The summed E-state index contributed by atoms with van der Waals surface area (Å²) in [4.78, 5) is 14.6. The molecule has 3 saturated heterocycles. The zero-order valence-corrected chi connectivity index (χ0v) is 15.1. The number of piperidine rings is 1. The molecule has 0 spiro atoms. The standard InChI is InChI=1S/C18H33N3O4/c22-14-11-20-16-5-4-15(25-17(16)13-24-12-14)10-18(23)19-6-9-21-7-2-1-3-8-21/h14-17,20,22H,1-13H2,(H,19,23)/t14-,15-,16-,17+/m0/s1. The number of fused-ring (bicyclic) bond motifs is 1. The molecule has 3 rings (SSSR count). The molecular formula is C18H33N3O4. The van der Waals surface area contributed by atoms with Crippen LogP contribution in [0.2, 0.25) is 0 Å². The first-order valence-corrected chi connectivity index (χ1v) is 9.84. The minimum Gasteiger partial charge on any atom is -0.389 e. The summed E-state index contributed by atoms with van der Waals surface area (Å²) in [6.07, 6.45) is 5.60. The van der Waals surface area contributed by atoms with E-state index in [0.29, 0.717) is 26.2 Å². The van der Waals surface area contributed by atoms with Gasteiger partial charge in [-0.2, -0.15) is 0 Å². The van der Waals surface area contributed by atoms with Crippen molar-refractivity contribution in [3.8, 4) is 0 Å². The van der Waals surface area contributed by atoms with E-state index in [-0.39, 0.29) is 24.2 Å². The van der Waals surface area contributed by atoms with Crippen molar-refractivity contribution in [1.29, 1.82) is 0 Å². The number of likely N-dealkylation sites (tertiary alicyclic amines) is 1. The summed E-state index contributed by atoms with van der Waals surface area (Å²) < 4.78 is 11.6. The molecule has 0 unspecified atom stereocenters. The third-order valence-corrected chi connectivity index (χ3v) is 5.44. The van der Waals surface area contributed by atoms with E-state index >= 15 is 0 Å². The van der Waals surface area contributed by atoms with Crippen molar-refractivity contribution < 1.29 is 19.4 Å². The predicted octanol–water partition coefficient (Wildman–Crippen LogP) is -0.124. The van der Waals surface area contributed by atoms with E-state index in [1.54, 1.807) is 0 Å². The second-order valence-electron chi connectivity index (χ2n) is 7.54. The molecule has 144 valence electrons. The zero-order chi connectivity index (χ0) is 17.5. The van der Waals surface area contributed by atoms with Gasteiger partial charge in [0, 0.05) is 25.7 Å². The summed E-state index contributed by atoms with van der Waals surface area (Å²) in [6, 6.07) is 0.202. The topological polar surface area (TPSA) is 83.1 Å². The number of carbonyl (C=O) groups excluding carboxylic acids is 1. The predicted molar refractivity (Wildman–Crippen MR) is 94.4 cm³/mol. The summed E-state index contributed by atoms with van der Waals surface area (Å²) in [5.41, 5.74) is 0. The van der Waals surface area contributed by atoms with E-state index in [4.69, 9.17) is 9.47 Å². The van der Waals surface area contributed by atoms with Crippen molar-refractivity contribution in [2.24, 2.45) is 0 Å². The molecule has 0 aromatic heterocycles. The number of hydrogen-bond acceptors (Lipinski definition) is 6. The number of ether oxygens (including phenoxy) is 2. The molecule has 25 heavy (non-hydrogen) atoms. The molecule has 3 heterocycles. The van der Waals surface area contributed by atoms with Gasteiger partial charge in [-0.25, -0.2) is 0 Å². The number of amides is 1. The Balaban J connectivity index is 1.34. The second kappa shape index (κ2) is 9.83. The van der Waals surface area contributed by atoms with Crippen LogP contribution in [-0.2, 0) is 14.3 Å². The van der Waals surface area contributed by atoms with Crippen LogP contribution in [0.3, 0.4) is 0 Å². The lowest BCUT2D eigenvalue weighted by atomic mass is 9.96. The van der Waals surface area contributed by atoms with Crippen LogP contribution in [0.4, 0.5) is 0 Å². The van der Waals surface area contributed by atoms with Crippen LogP contribution >= 0.6 is 0 Å². The molecule has 0 saturated carbocycles. The summed E-state index contributed by atoms with van der Waals surface area (Å²) in [6.45, 7) is 5.33. The van der Waals surface area contributed by atoms with Gasteiger partial charge in [0.25, 0.3) is 0 Å². The average Bonchev–Trinajstić information content (AvgIpc) is 2.60. The van der Waals surface area contributed by atoms with Gasteiger partial charge in [0.15, 0.2) is 0 Å². The Morgan fingerprint density at radius 3 is 2.88 bits per heavy atom. The molecule has 7 nitrogen and oxygen atoms in total. The molecule has 3 aliphatic rings. The minimum atomic E-state index is -0.454. The van der Waals surface area contributed by atoms with Gasteiger partial charge in [0.1, 0.15) is 0 Å². The maximum Gasteiger partial charge on any atom is 0.222 e. The summed E-state index contributed by atoms with van der Waals surface area (Å²) in [5, 5.41) is 16.1. The first kappa shape index (κ1) is 19.0. The SMILES string of the molecule is O=C(C[C@@H]1CC[C@@H]2NC[C@H](O)COC[C@H]2O1)NCCN1CCCCC1. The first-order valence-electron chi connectivity index (χ1n) is 9.84. The number of nitrogens with one attached hydrogen (secondary N) is 2. The number of carbonyl (C=O) groups is 1. The van der Waals surface area contributed by atoms with Crippen molar-refractivity contribution in [1.82, 2.24) is 15.5 Å². The van der Waals surface area contributed by atoms with Gasteiger partial charge in [-0.15, -0.1) is 0 Å². The zero-order valence-electron chi connectivity index (χ0n) is 15.1. The van der Waals surface area contributed by atoms with E-state index in [9.17, 15) is 9.90 Å². The number of aliphatic hydroxyl groups is 1. The largest absolute Gasteiger partial charge is 0.389 e. The fraction of sp³-hybridized carbons (Fsp3) is 0.944. The molecule has 4 atom stereocenters. The van der Waals surface area contributed by atoms with Gasteiger partial charge in [-0.1, -0.05) is 6.42 Å². The molecule has 3 N–H and O–H groups in total. The van der Waals surface area contributed by atoms with Crippen LogP contribution in [-0.4, -0.2) is 86.2 Å². The van der Waals surface area contributed by atoms with E-state index in [2.05, 4.69) is 15.5 Å². The fourth-order valence-corrected chi connectivity index (χ4v) is 3.98. The van der Waals surface area contributed by atoms with Crippen LogP contribution in [0.5, 0.6) is 0 Å². The Morgan fingerprint density at radius 1 is 1.20 bits per heavy atom. The lowest BCUT2D eigenvalue weighted by Gasteiger charge is -2.38. The number of β-amino-alcohol motifs (C(OH)–C–C–N with tert-alkyl or cyclic N) is 1. The Kier molecular flexibility index (Phi) is 7.49. The van der Waals surface area contributed by atoms with E-state index in [1.165, 1.54) is 19.3 Å². The highest BCUT2D eigenvalue weighted by Crippen LogP contribution is 2.23. The second-order valence-corrected chi connectivity index (χ2v) is 7.54. The Bertz CT molecular complexity index is 417. The molecular weight excluding hydrogens is 322 g/mol. The van der Waals surface area contributed by atoms with Crippen LogP contribution in [0.15, 0.2) is 0 Å². The van der Waals surface area contributed by atoms with E-state index in [0.717, 1.165) is 39.0 Å². The number of hydrogen-bond donors (Lipinski definition) is 3. The Morgan fingerprint density at radius 2 is 2.04 bits per heavy atom. The maximum atomic E-state index is 12.2. The van der Waals surface area contributed by atoms with Gasteiger partial charge >= 0.3 is 0 Å². The lowest BCUT2D eigenvalue weighted by molar-refractivity contribution is -0.137. The monoisotopic (exact) mass is 355 g/mol. The van der Waals surface area contributed by atoms with Crippen molar-refractivity contribution in [3.05, 3.63) is 0 Å². The van der Waals surface area contributed by atoms with Crippen molar-refractivity contribution >= 4 is 5.91 Å². The average molecular weight is 355 g/mol.